The fraction of sp³-hybridized carbons (Fsp3) is 0.0588. The van der Waals surface area contributed by atoms with Crippen LogP contribution in [0.15, 0.2) is 60.1 Å². The van der Waals surface area contributed by atoms with Crippen LogP contribution in [-0.2, 0) is 6.54 Å². The van der Waals surface area contributed by atoms with Crippen molar-refractivity contribution in [2.45, 2.75) is 6.54 Å². The molecule has 2 aromatic carbocycles. The van der Waals surface area contributed by atoms with E-state index in [4.69, 9.17) is 4.74 Å². The third-order valence-electron chi connectivity index (χ3n) is 3.09. The lowest BCUT2D eigenvalue weighted by molar-refractivity contribution is 0.251. The molecule has 122 valence electrons. The van der Waals surface area contributed by atoms with Crippen molar-refractivity contribution in [2.75, 3.05) is 5.32 Å². The van der Waals surface area contributed by atoms with E-state index in [2.05, 4.69) is 15.6 Å². The van der Waals surface area contributed by atoms with Crippen LogP contribution in [0, 0.1) is 5.82 Å². The molecule has 0 atom stereocenters. The molecule has 3 rings (SSSR count). The van der Waals surface area contributed by atoms with Gasteiger partial charge >= 0.3 is 6.03 Å². The van der Waals surface area contributed by atoms with Crippen LogP contribution in [0.25, 0.3) is 0 Å². The Kier molecular flexibility index (Phi) is 5.02. The van der Waals surface area contributed by atoms with Gasteiger partial charge in [-0.1, -0.05) is 23.5 Å². The smallest absolute Gasteiger partial charge is 0.319 e. The third kappa shape index (κ3) is 4.53. The first-order chi connectivity index (χ1) is 11.7. The van der Waals surface area contributed by atoms with E-state index in [1.807, 2.05) is 29.6 Å². The van der Waals surface area contributed by atoms with Gasteiger partial charge in [0.05, 0.1) is 0 Å². The number of rotatable bonds is 5. The molecular formula is C17H14FN3O2S. The van der Waals surface area contributed by atoms with E-state index < -0.39 is 0 Å². The monoisotopic (exact) mass is 343 g/mol. The first-order valence-electron chi connectivity index (χ1n) is 7.16. The first kappa shape index (κ1) is 15.9. The summed E-state index contributed by atoms with van der Waals surface area (Å²) in [5, 5.41) is 7.79. The maximum atomic E-state index is 12.8. The van der Waals surface area contributed by atoms with E-state index in [1.165, 1.54) is 35.6 Å². The highest BCUT2D eigenvalue weighted by atomic mass is 32.1. The van der Waals surface area contributed by atoms with Crippen LogP contribution in [0.2, 0.25) is 0 Å². The van der Waals surface area contributed by atoms with Crippen LogP contribution in [0.1, 0.15) is 5.56 Å². The molecule has 0 aliphatic heterocycles. The van der Waals surface area contributed by atoms with Gasteiger partial charge in [0.25, 0.3) is 5.19 Å². The summed E-state index contributed by atoms with van der Waals surface area (Å²) in [7, 11) is 0. The molecule has 0 bridgehead atoms. The first-order valence-corrected chi connectivity index (χ1v) is 8.04. The molecule has 5 nitrogen and oxygen atoms in total. The molecule has 24 heavy (non-hydrogen) atoms. The Bertz CT molecular complexity index is 790. The van der Waals surface area contributed by atoms with Crippen molar-refractivity contribution in [2.24, 2.45) is 0 Å². The second-order valence-electron chi connectivity index (χ2n) is 4.86. The summed E-state index contributed by atoms with van der Waals surface area (Å²) < 4.78 is 18.4. The molecule has 0 radical (unpaired) electrons. The number of anilines is 1. The van der Waals surface area contributed by atoms with E-state index in [0.717, 1.165) is 5.56 Å². The van der Waals surface area contributed by atoms with Gasteiger partial charge in [-0.3, -0.25) is 0 Å². The molecule has 0 fully saturated rings. The normalized spacial score (nSPS) is 10.2. The molecule has 0 aliphatic rings. The lowest BCUT2D eigenvalue weighted by atomic mass is 10.2. The fourth-order valence-electron chi connectivity index (χ4n) is 1.93. The number of ether oxygens (including phenoxy) is 1. The molecule has 3 aromatic rings. The highest BCUT2D eigenvalue weighted by molar-refractivity contribution is 7.11. The average molecular weight is 343 g/mol. The van der Waals surface area contributed by atoms with Crippen molar-refractivity contribution < 1.29 is 13.9 Å². The van der Waals surface area contributed by atoms with Crippen molar-refractivity contribution in [3.8, 4) is 10.9 Å². The van der Waals surface area contributed by atoms with Gasteiger partial charge in [-0.05, 0) is 42.0 Å². The lowest BCUT2D eigenvalue weighted by Crippen LogP contribution is -2.28. The van der Waals surface area contributed by atoms with Crippen LogP contribution in [0.5, 0.6) is 10.9 Å². The maximum absolute atomic E-state index is 12.8. The predicted molar refractivity (Wildman–Crippen MR) is 90.9 cm³/mol. The Labute approximate surface area is 142 Å². The minimum atomic E-state index is -0.357. The standard InChI is InChI=1S/C17H14FN3O2S/c18-13-3-5-14(6-4-13)21-16(22)20-11-12-1-7-15(8-2-12)23-17-19-9-10-24-17/h1-10H,11H2,(H2,20,21,22). The minimum Gasteiger partial charge on any atom is -0.431 e. The summed E-state index contributed by atoms with van der Waals surface area (Å²) in [4.78, 5) is 15.8. The van der Waals surface area contributed by atoms with Crippen molar-refractivity contribution in [1.82, 2.24) is 10.3 Å². The number of hydrogen-bond donors (Lipinski definition) is 2. The lowest BCUT2D eigenvalue weighted by Gasteiger charge is -2.08. The van der Waals surface area contributed by atoms with Gasteiger partial charge in [0.1, 0.15) is 11.6 Å². The number of carbonyl (C=O) groups is 1. The summed E-state index contributed by atoms with van der Waals surface area (Å²) in [5.74, 6) is 0.338. The molecular weight excluding hydrogens is 329 g/mol. The number of nitrogens with one attached hydrogen (secondary N) is 2. The molecule has 0 spiro atoms. The molecule has 1 heterocycles. The number of hydrogen-bond acceptors (Lipinski definition) is 4. The Balaban J connectivity index is 1.49. The van der Waals surface area contributed by atoms with Gasteiger partial charge in [-0.15, -0.1) is 0 Å². The van der Waals surface area contributed by atoms with Crippen molar-refractivity contribution in [1.29, 1.82) is 0 Å². The second kappa shape index (κ2) is 7.56. The molecule has 2 amide bonds. The van der Waals surface area contributed by atoms with Crippen LogP contribution < -0.4 is 15.4 Å². The number of urea groups is 1. The zero-order chi connectivity index (χ0) is 16.8. The summed E-state index contributed by atoms with van der Waals surface area (Å²) in [6.45, 7) is 0.366. The Morgan fingerprint density at radius 2 is 1.88 bits per heavy atom. The van der Waals surface area contributed by atoms with Gasteiger partial charge in [0.15, 0.2) is 0 Å². The Hall–Kier alpha value is -2.93. The quantitative estimate of drug-likeness (QED) is 0.722. The number of halogens is 1. The highest BCUT2D eigenvalue weighted by Crippen LogP contribution is 2.23. The highest BCUT2D eigenvalue weighted by Gasteiger charge is 2.03. The van der Waals surface area contributed by atoms with E-state index in [-0.39, 0.29) is 11.8 Å². The molecule has 0 aliphatic carbocycles. The van der Waals surface area contributed by atoms with E-state index in [1.54, 1.807) is 6.20 Å². The van der Waals surface area contributed by atoms with Gasteiger partial charge < -0.3 is 15.4 Å². The van der Waals surface area contributed by atoms with Crippen LogP contribution in [0.4, 0.5) is 14.9 Å². The van der Waals surface area contributed by atoms with E-state index in [9.17, 15) is 9.18 Å². The van der Waals surface area contributed by atoms with Crippen LogP contribution in [-0.4, -0.2) is 11.0 Å². The summed E-state index contributed by atoms with van der Waals surface area (Å²) >= 11 is 1.42. The molecule has 1 aromatic heterocycles. The van der Waals surface area contributed by atoms with Gasteiger partial charge in [0, 0.05) is 23.8 Å². The Morgan fingerprint density at radius 1 is 1.12 bits per heavy atom. The van der Waals surface area contributed by atoms with Gasteiger partial charge in [-0.2, -0.15) is 0 Å². The largest absolute Gasteiger partial charge is 0.431 e. The summed E-state index contributed by atoms with van der Waals surface area (Å²) in [6.07, 6.45) is 1.68. The number of amides is 2. The van der Waals surface area contributed by atoms with Crippen molar-refractivity contribution >= 4 is 23.1 Å². The Morgan fingerprint density at radius 3 is 2.54 bits per heavy atom. The van der Waals surface area contributed by atoms with E-state index >= 15 is 0 Å². The third-order valence-corrected chi connectivity index (χ3v) is 3.74. The van der Waals surface area contributed by atoms with Crippen LogP contribution in [0.3, 0.4) is 0 Å². The zero-order valence-electron chi connectivity index (χ0n) is 12.5. The van der Waals surface area contributed by atoms with E-state index in [0.29, 0.717) is 23.2 Å². The topological polar surface area (TPSA) is 63.2 Å². The summed E-state index contributed by atoms with van der Waals surface area (Å²) in [6, 6.07) is 12.6. The minimum absolute atomic E-state index is 0.346. The van der Waals surface area contributed by atoms with Gasteiger partial charge in [-0.25, -0.2) is 14.2 Å². The number of benzene rings is 2. The van der Waals surface area contributed by atoms with Crippen molar-refractivity contribution in [3.05, 3.63) is 71.5 Å². The number of carbonyl (C=O) groups excluding carboxylic acids is 1. The summed E-state index contributed by atoms with van der Waals surface area (Å²) in [5.41, 5.74) is 1.46. The number of nitrogens with zero attached hydrogens (tertiary/aromatic N) is 1. The number of thiazole rings is 1. The van der Waals surface area contributed by atoms with Crippen molar-refractivity contribution in [3.63, 3.8) is 0 Å². The predicted octanol–water partition coefficient (Wildman–Crippen LogP) is 4.40. The second-order valence-corrected chi connectivity index (χ2v) is 5.72. The molecule has 0 saturated heterocycles. The maximum Gasteiger partial charge on any atom is 0.319 e. The van der Waals surface area contributed by atoms with Gasteiger partial charge in [0.2, 0.25) is 0 Å². The molecule has 7 heteroatoms. The molecule has 2 N–H and O–H groups in total. The SMILES string of the molecule is O=C(NCc1ccc(Oc2nccs2)cc1)Nc1ccc(F)cc1. The zero-order valence-corrected chi connectivity index (χ0v) is 13.3. The number of aromatic nitrogens is 1. The average Bonchev–Trinajstić information content (AvgIpc) is 3.09. The fourth-order valence-corrected chi connectivity index (χ4v) is 2.43. The van der Waals surface area contributed by atoms with Crippen LogP contribution >= 0.6 is 11.3 Å². The molecule has 0 saturated carbocycles. The molecule has 0 unspecified atom stereocenters.